The van der Waals surface area contributed by atoms with Crippen LogP contribution >= 0.6 is 22.9 Å². The lowest BCUT2D eigenvalue weighted by atomic mass is 10.0. The van der Waals surface area contributed by atoms with Crippen LogP contribution in [0.15, 0.2) is 18.2 Å². The molecule has 1 aliphatic heterocycles. The maximum absolute atomic E-state index is 12.6. The molecule has 2 heterocycles. The van der Waals surface area contributed by atoms with Crippen LogP contribution in [0.1, 0.15) is 23.0 Å². The smallest absolute Gasteiger partial charge is 0.266 e. The number of nitrogens with two attached hydrogens (primary N) is 1. The summed E-state index contributed by atoms with van der Waals surface area (Å²) in [5, 5.41) is 11.1. The average Bonchev–Trinajstić information content (AvgIpc) is 3.04. The van der Waals surface area contributed by atoms with Crippen molar-refractivity contribution in [3.05, 3.63) is 28.1 Å². The number of rotatable bonds is 2. The van der Waals surface area contributed by atoms with E-state index in [1.807, 2.05) is 6.07 Å². The van der Waals surface area contributed by atoms with Crippen LogP contribution in [0.25, 0.3) is 10.1 Å². The molecule has 4 nitrogen and oxygen atoms in total. The van der Waals surface area contributed by atoms with Crippen LogP contribution in [-0.4, -0.2) is 35.1 Å². The minimum atomic E-state index is -0.388. The van der Waals surface area contributed by atoms with Crippen LogP contribution in [0, 0.1) is 5.92 Å². The largest absolute Gasteiger partial charge is 0.397 e. The molecule has 2 aromatic rings. The number of halogens is 1. The monoisotopic (exact) mass is 324 g/mol. The van der Waals surface area contributed by atoms with Gasteiger partial charge in [0, 0.05) is 34.1 Å². The predicted molar refractivity (Wildman–Crippen MR) is 86.9 cm³/mol. The van der Waals surface area contributed by atoms with E-state index in [0.717, 1.165) is 16.5 Å². The molecule has 6 heteroatoms. The van der Waals surface area contributed by atoms with E-state index in [4.69, 9.17) is 17.3 Å². The van der Waals surface area contributed by atoms with Crippen LogP contribution in [-0.2, 0) is 0 Å². The maximum Gasteiger partial charge on any atom is 0.266 e. The summed E-state index contributed by atoms with van der Waals surface area (Å²) in [4.78, 5) is 15.0. The first-order valence-electron chi connectivity index (χ1n) is 6.92. The van der Waals surface area contributed by atoms with Crippen molar-refractivity contribution in [3.63, 3.8) is 0 Å². The summed E-state index contributed by atoms with van der Waals surface area (Å²) < 4.78 is 0.964. The van der Waals surface area contributed by atoms with Crippen molar-refractivity contribution < 1.29 is 9.90 Å². The Hall–Kier alpha value is -1.30. The van der Waals surface area contributed by atoms with Gasteiger partial charge in [0.25, 0.3) is 5.91 Å². The SMILES string of the molecule is CC(O)C1CCN(C(=O)c2sc3ccc(Cl)cc3c2N)C1. The van der Waals surface area contributed by atoms with Gasteiger partial charge in [-0.1, -0.05) is 11.6 Å². The number of nitrogen functional groups attached to an aromatic ring is 1. The van der Waals surface area contributed by atoms with Crippen molar-refractivity contribution in [1.82, 2.24) is 4.90 Å². The highest BCUT2D eigenvalue weighted by Crippen LogP contribution is 2.36. The van der Waals surface area contributed by atoms with Gasteiger partial charge in [-0.05, 0) is 31.5 Å². The number of anilines is 1. The Morgan fingerprint density at radius 2 is 2.33 bits per heavy atom. The summed E-state index contributed by atoms with van der Waals surface area (Å²) in [6.07, 6.45) is 0.446. The van der Waals surface area contributed by atoms with E-state index in [2.05, 4.69) is 0 Å². The fraction of sp³-hybridized carbons (Fsp3) is 0.400. The maximum atomic E-state index is 12.6. The van der Waals surface area contributed by atoms with Crippen molar-refractivity contribution in [2.75, 3.05) is 18.8 Å². The van der Waals surface area contributed by atoms with E-state index in [9.17, 15) is 9.90 Å². The molecule has 3 rings (SSSR count). The molecular formula is C15H17ClN2O2S. The number of aliphatic hydroxyl groups excluding tert-OH is 1. The van der Waals surface area contributed by atoms with Crippen molar-refractivity contribution in [2.24, 2.45) is 5.92 Å². The molecule has 1 aliphatic rings. The number of nitrogens with zero attached hydrogens (tertiary/aromatic N) is 1. The Bertz CT molecular complexity index is 698. The molecule has 21 heavy (non-hydrogen) atoms. The summed E-state index contributed by atoms with van der Waals surface area (Å²) in [6.45, 7) is 3.03. The fourth-order valence-electron chi connectivity index (χ4n) is 2.76. The molecule has 1 amide bonds. The fourth-order valence-corrected chi connectivity index (χ4v) is 4.00. The lowest BCUT2D eigenvalue weighted by Crippen LogP contribution is -2.30. The number of carbonyl (C=O) groups is 1. The standard InChI is InChI=1S/C15H17ClN2O2S/c1-8(19)9-4-5-18(7-9)15(20)14-13(17)11-6-10(16)2-3-12(11)21-14/h2-3,6,8-9,19H,4-5,7,17H2,1H3. The molecular weight excluding hydrogens is 308 g/mol. The number of likely N-dealkylation sites (tertiary alicyclic amines) is 1. The molecule has 2 unspecified atom stereocenters. The number of benzene rings is 1. The molecule has 0 radical (unpaired) electrons. The van der Waals surface area contributed by atoms with Crippen molar-refractivity contribution in [1.29, 1.82) is 0 Å². The molecule has 3 N–H and O–H groups in total. The molecule has 112 valence electrons. The third-order valence-corrected chi connectivity index (χ3v) is 5.49. The molecule has 1 fully saturated rings. The molecule has 0 bridgehead atoms. The number of aliphatic hydroxyl groups is 1. The van der Waals surface area contributed by atoms with Crippen LogP contribution in [0.5, 0.6) is 0 Å². The van der Waals surface area contributed by atoms with E-state index in [0.29, 0.717) is 28.7 Å². The third-order valence-electron chi connectivity index (χ3n) is 4.08. The van der Waals surface area contributed by atoms with Gasteiger partial charge in [-0.25, -0.2) is 0 Å². The van der Waals surface area contributed by atoms with E-state index < -0.39 is 0 Å². The van der Waals surface area contributed by atoms with Gasteiger partial charge in [-0.15, -0.1) is 11.3 Å². The van der Waals surface area contributed by atoms with E-state index >= 15 is 0 Å². The van der Waals surface area contributed by atoms with Crippen molar-refractivity contribution in [3.8, 4) is 0 Å². The Balaban J connectivity index is 1.90. The zero-order chi connectivity index (χ0) is 15.1. The zero-order valence-electron chi connectivity index (χ0n) is 11.7. The molecule has 1 aromatic heterocycles. The lowest BCUT2D eigenvalue weighted by Gasteiger charge is -2.17. The minimum Gasteiger partial charge on any atom is -0.397 e. The highest BCUT2D eigenvalue weighted by Gasteiger charge is 2.31. The van der Waals surface area contributed by atoms with Gasteiger partial charge >= 0.3 is 0 Å². The first kappa shape index (κ1) is 14.6. The Morgan fingerprint density at radius 1 is 1.57 bits per heavy atom. The van der Waals surface area contributed by atoms with Gasteiger partial charge in [0.15, 0.2) is 0 Å². The quantitative estimate of drug-likeness (QED) is 0.892. The molecule has 0 saturated carbocycles. The molecule has 1 saturated heterocycles. The molecule has 0 spiro atoms. The van der Waals surface area contributed by atoms with Gasteiger partial charge in [-0.2, -0.15) is 0 Å². The zero-order valence-corrected chi connectivity index (χ0v) is 13.2. The average molecular weight is 325 g/mol. The number of hydrogen-bond donors (Lipinski definition) is 2. The minimum absolute atomic E-state index is 0.0482. The van der Waals surface area contributed by atoms with E-state index in [1.54, 1.807) is 24.0 Å². The predicted octanol–water partition coefficient (Wildman–Crippen LogP) is 2.98. The highest BCUT2D eigenvalue weighted by atomic mass is 35.5. The highest BCUT2D eigenvalue weighted by molar-refractivity contribution is 7.21. The number of hydrogen-bond acceptors (Lipinski definition) is 4. The normalized spacial score (nSPS) is 20.1. The second-order valence-corrected chi connectivity index (χ2v) is 7.01. The number of thiophene rings is 1. The molecule has 1 aromatic carbocycles. The second-order valence-electron chi connectivity index (χ2n) is 5.53. The molecule has 0 aliphatic carbocycles. The summed E-state index contributed by atoms with van der Waals surface area (Å²) in [5.41, 5.74) is 6.63. The van der Waals surface area contributed by atoms with E-state index in [-0.39, 0.29) is 17.9 Å². The second kappa shape index (κ2) is 5.48. The third kappa shape index (κ3) is 2.61. The Kier molecular flexibility index (Phi) is 3.82. The van der Waals surface area contributed by atoms with Gasteiger partial charge < -0.3 is 15.7 Å². The van der Waals surface area contributed by atoms with E-state index in [1.165, 1.54) is 11.3 Å². The van der Waals surface area contributed by atoms with Crippen LogP contribution in [0.2, 0.25) is 5.02 Å². The van der Waals surface area contributed by atoms with Crippen LogP contribution in [0.3, 0.4) is 0 Å². The van der Waals surface area contributed by atoms with Crippen LogP contribution in [0.4, 0.5) is 5.69 Å². The summed E-state index contributed by atoms with van der Waals surface area (Å²) >= 11 is 7.39. The van der Waals surface area contributed by atoms with Crippen molar-refractivity contribution in [2.45, 2.75) is 19.4 Å². The summed E-state index contributed by atoms with van der Waals surface area (Å²) in [5.74, 6) is 0.104. The van der Waals surface area contributed by atoms with Gasteiger partial charge in [0.1, 0.15) is 4.88 Å². The number of carbonyl (C=O) groups excluding carboxylic acids is 1. The topological polar surface area (TPSA) is 66.6 Å². The van der Waals surface area contributed by atoms with Gasteiger partial charge in [0.2, 0.25) is 0 Å². The van der Waals surface area contributed by atoms with Crippen LogP contribution < -0.4 is 5.73 Å². The Morgan fingerprint density at radius 3 is 3.00 bits per heavy atom. The first-order valence-corrected chi connectivity index (χ1v) is 8.11. The van der Waals surface area contributed by atoms with Gasteiger partial charge in [-0.3, -0.25) is 4.79 Å². The number of fused-ring (bicyclic) bond motifs is 1. The molecule has 2 atom stereocenters. The van der Waals surface area contributed by atoms with Gasteiger partial charge in [0.05, 0.1) is 11.8 Å². The van der Waals surface area contributed by atoms with Crippen molar-refractivity contribution >= 4 is 44.6 Å². The summed E-state index contributed by atoms with van der Waals surface area (Å²) in [7, 11) is 0. The Labute approximate surface area is 132 Å². The number of amides is 1. The lowest BCUT2D eigenvalue weighted by molar-refractivity contribution is 0.0768. The summed E-state index contributed by atoms with van der Waals surface area (Å²) in [6, 6.07) is 5.48. The first-order chi connectivity index (χ1) is 9.97.